The summed E-state index contributed by atoms with van der Waals surface area (Å²) in [6.07, 6.45) is 1.52. The number of hydrogen-bond donors (Lipinski definition) is 0. The van der Waals surface area contributed by atoms with Gasteiger partial charge < -0.3 is 14.2 Å². The van der Waals surface area contributed by atoms with Crippen molar-refractivity contribution in [3.8, 4) is 28.5 Å². The maximum Gasteiger partial charge on any atom is 0.351 e. The molecule has 2 aromatic carbocycles. The summed E-state index contributed by atoms with van der Waals surface area (Å²) in [5.74, 6) is 1.52. The lowest BCUT2D eigenvalue weighted by Crippen LogP contribution is -2.28. The molecule has 0 unspecified atom stereocenters. The van der Waals surface area contributed by atoms with Crippen LogP contribution in [0.3, 0.4) is 0 Å². The first-order valence-corrected chi connectivity index (χ1v) is 8.99. The molecule has 8 nitrogen and oxygen atoms in total. The van der Waals surface area contributed by atoms with E-state index in [1.807, 2.05) is 0 Å². The van der Waals surface area contributed by atoms with Gasteiger partial charge >= 0.3 is 6.03 Å². The molecule has 0 atom stereocenters. The van der Waals surface area contributed by atoms with Crippen LogP contribution in [0, 0.1) is 5.82 Å². The van der Waals surface area contributed by atoms with E-state index in [0.29, 0.717) is 39.9 Å². The highest BCUT2D eigenvalue weighted by molar-refractivity contribution is 6.02. The molecular formula is C21H18FN4O4. The molecule has 1 aromatic heterocycles. The van der Waals surface area contributed by atoms with Gasteiger partial charge in [0, 0.05) is 5.56 Å². The van der Waals surface area contributed by atoms with Crippen molar-refractivity contribution < 1.29 is 23.4 Å². The fourth-order valence-electron chi connectivity index (χ4n) is 3.20. The Hall–Kier alpha value is -3.88. The van der Waals surface area contributed by atoms with Crippen LogP contribution < -0.4 is 24.4 Å². The fraction of sp³-hybridized carbons (Fsp3) is 0.190. The van der Waals surface area contributed by atoms with Crippen molar-refractivity contribution in [3.05, 3.63) is 54.0 Å². The number of aromatic nitrogens is 2. The van der Waals surface area contributed by atoms with E-state index in [2.05, 4.69) is 15.3 Å². The van der Waals surface area contributed by atoms with Crippen LogP contribution in [0.2, 0.25) is 0 Å². The van der Waals surface area contributed by atoms with E-state index in [0.717, 1.165) is 0 Å². The molecular weight excluding hydrogens is 391 g/mol. The lowest BCUT2D eigenvalue weighted by Gasteiger charge is -2.16. The Bertz CT molecular complexity index is 1100. The summed E-state index contributed by atoms with van der Waals surface area (Å²) in [6.45, 7) is 0.125. The zero-order valence-electron chi connectivity index (χ0n) is 16.5. The van der Waals surface area contributed by atoms with Gasteiger partial charge in [0.05, 0.1) is 39.8 Å². The lowest BCUT2D eigenvalue weighted by molar-refractivity contribution is 0.250. The molecule has 2 heterocycles. The van der Waals surface area contributed by atoms with Crippen LogP contribution in [0.25, 0.3) is 11.3 Å². The van der Waals surface area contributed by atoms with Gasteiger partial charge in [0.2, 0.25) is 11.6 Å². The largest absolute Gasteiger partial charge is 0.493 e. The van der Waals surface area contributed by atoms with Gasteiger partial charge in [-0.2, -0.15) is 5.32 Å². The number of rotatable bonds is 6. The maximum absolute atomic E-state index is 13.5. The predicted molar refractivity (Wildman–Crippen MR) is 107 cm³/mol. The highest BCUT2D eigenvalue weighted by Crippen LogP contribution is 2.41. The molecule has 0 fully saturated rings. The molecule has 1 aliphatic heterocycles. The first-order valence-electron chi connectivity index (χ1n) is 8.99. The normalized spacial score (nSPS) is 12.4. The number of fused-ring (bicyclic) bond motifs is 1. The molecule has 0 spiro atoms. The van der Waals surface area contributed by atoms with Gasteiger partial charge in [-0.3, -0.25) is 4.90 Å². The Morgan fingerprint density at radius 3 is 2.40 bits per heavy atom. The zero-order chi connectivity index (χ0) is 21.3. The van der Waals surface area contributed by atoms with Gasteiger partial charge in [-0.1, -0.05) is 12.1 Å². The molecule has 0 saturated carbocycles. The zero-order valence-corrected chi connectivity index (χ0v) is 16.5. The maximum atomic E-state index is 13.5. The average Bonchev–Trinajstić information content (AvgIpc) is 3.07. The molecule has 4 rings (SSSR count). The van der Waals surface area contributed by atoms with Gasteiger partial charge in [-0.15, -0.1) is 0 Å². The third kappa shape index (κ3) is 3.45. The number of anilines is 1. The van der Waals surface area contributed by atoms with Crippen molar-refractivity contribution in [1.82, 2.24) is 15.3 Å². The number of nitrogens with zero attached hydrogens (tertiary/aromatic N) is 4. The first-order chi connectivity index (χ1) is 14.5. The highest BCUT2D eigenvalue weighted by Gasteiger charge is 2.32. The van der Waals surface area contributed by atoms with E-state index in [4.69, 9.17) is 14.2 Å². The summed E-state index contributed by atoms with van der Waals surface area (Å²) in [5, 5.41) is 3.93. The smallest absolute Gasteiger partial charge is 0.351 e. The molecule has 9 heteroatoms. The summed E-state index contributed by atoms with van der Waals surface area (Å²) >= 11 is 0. The third-order valence-corrected chi connectivity index (χ3v) is 4.61. The number of hydrogen-bond acceptors (Lipinski definition) is 6. The van der Waals surface area contributed by atoms with Gasteiger partial charge in [0.15, 0.2) is 17.3 Å². The Kier molecular flexibility index (Phi) is 5.09. The predicted octanol–water partition coefficient (Wildman–Crippen LogP) is 3.68. The number of urea groups is 1. The summed E-state index contributed by atoms with van der Waals surface area (Å²) in [4.78, 5) is 22.6. The van der Waals surface area contributed by atoms with E-state index < -0.39 is 6.03 Å². The standard InChI is InChI=1S/C21H18FN4O4/c1-28-16-8-13(9-17(29-2)18(16)30-3)15-10-23-19-20(24-15)26(21(27)25-19)11-12-5-4-6-14(22)7-12/h4-10H,11H2,1-3H3. The number of carbonyl (C=O) groups excluding carboxylic acids is 1. The van der Waals surface area contributed by atoms with Crippen molar-refractivity contribution in [2.45, 2.75) is 6.54 Å². The Labute approximate surface area is 172 Å². The second-order valence-corrected chi connectivity index (χ2v) is 6.43. The van der Waals surface area contributed by atoms with E-state index in [-0.39, 0.29) is 18.2 Å². The van der Waals surface area contributed by atoms with E-state index in [1.165, 1.54) is 44.6 Å². The molecule has 3 aromatic rings. The molecule has 2 amide bonds. The number of ether oxygens (including phenoxy) is 3. The van der Waals surface area contributed by atoms with E-state index in [1.54, 1.807) is 24.3 Å². The van der Waals surface area contributed by atoms with Crippen LogP contribution in [0.15, 0.2) is 42.6 Å². The van der Waals surface area contributed by atoms with Crippen molar-refractivity contribution >= 4 is 17.7 Å². The second kappa shape index (κ2) is 7.86. The number of amides is 2. The number of halogens is 1. The fourth-order valence-corrected chi connectivity index (χ4v) is 3.20. The minimum absolute atomic E-state index is 0.125. The van der Waals surface area contributed by atoms with Gasteiger partial charge in [-0.05, 0) is 29.8 Å². The minimum Gasteiger partial charge on any atom is -0.493 e. The van der Waals surface area contributed by atoms with Crippen LogP contribution in [0.1, 0.15) is 5.56 Å². The molecule has 1 aliphatic rings. The SMILES string of the molecule is COc1cc(-c2cnc3c(n2)N(Cc2cccc(F)c2)C(=O)[N]3)cc(OC)c1OC. The van der Waals surface area contributed by atoms with Crippen LogP contribution in [-0.2, 0) is 6.54 Å². The summed E-state index contributed by atoms with van der Waals surface area (Å²) in [6, 6.07) is 8.99. The third-order valence-electron chi connectivity index (χ3n) is 4.61. The number of carbonyl (C=O) groups is 1. The Balaban J connectivity index is 1.74. The van der Waals surface area contributed by atoms with Gasteiger partial charge in [-0.25, -0.2) is 19.2 Å². The van der Waals surface area contributed by atoms with E-state index in [9.17, 15) is 9.18 Å². The monoisotopic (exact) mass is 409 g/mol. The molecule has 1 radical (unpaired) electrons. The van der Waals surface area contributed by atoms with Gasteiger partial charge in [0.25, 0.3) is 0 Å². The second-order valence-electron chi connectivity index (χ2n) is 6.43. The van der Waals surface area contributed by atoms with Crippen LogP contribution in [0.5, 0.6) is 17.2 Å². The van der Waals surface area contributed by atoms with Crippen LogP contribution in [-0.4, -0.2) is 37.3 Å². The Morgan fingerprint density at radius 1 is 1.03 bits per heavy atom. The molecule has 0 N–H and O–H groups in total. The molecule has 0 bridgehead atoms. The molecule has 30 heavy (non-hydrogen) atoms. The lowest BCUT2D eigenvalue weighted by atomic mass is 10.1. The Morgan fingerprint density at radius 2 is 1.77 bits per heavy atom. The van der Waals surface area contributed by atoms with Crippen molar-refractivity contribution in [2.24, 2.45) is 0 Å². The van der Waals surface area contributed by atoms with Crippen LogP contribution in [0.4, 0.5) is 20.8 Å². The molecule has 0 saturated heterocycles. The van der Waals surface area contributed by atoms with E-state index >= 15 is 0 Å². The molecule has 153 valence electrons. The average molecular weight is 409 g/mol. The minimum atomic E-state index is -0.503. The number of benzene rings is 2. The first kappa shape index (κ1) is 19.4. The summed E-state index contributed by atoms with van der Waals surface area (Å²) in [7, 11) is 4.56. The number of methoxy groups -OCH3 is 3. The summed E-state index contributed by atoms with van der Waals surface area (Å²) < 4.78 is 29.7. The summed E-state index contributed by atoms with van der Waals surface area (Å²) in [5.41, 5.74) is 1.76. The van der Waals surface area contributed by atoms with Crippen molar-refractivity contribution in [3.63, 3.8) is 0 Å². The van der Waals surface area contributed by atoms with Crippen molar-refractivity contribution in [2.75, 3.05) is 26.2 Å². The highest BCUT2D eigenvalue weighted by atomic mass is 19.1. The van der Waals surface area contributed by atoms with Crippen molar-refractivity contribution in [1.29, 1.82) is 0 Å². The molecule has 0 aliphatic carbocycles. The quantitative estimate of drug-likeness (QED) is 0.617. The van der Waals surface area contributed by atoms with Crippen LogP contribution >= 0.6 is 0 Å². The van der Waals surface area contributed by atoms with Gasteiger partial charge in [0.1, 0.15) is 5.82 Å². The topological polar surface area (TPSA) is 87.9 Å².